The SMILES string of the molecule is [B]OC(=O)C1=C(COC(C)=O)[C@H](C)S[C@@H]2[C@H](N)C(=O)N12. The molecule has 2 aliphatic heterocycles. The van der Waals surface area contributed by atoms with Crippen LogP contribution in [0.4, 0.5) is 0 Å². The normalized spacial score (nSPS) is 28.6. The number of nitrogens with two attached hydrogens (primary N) is 1. The highest BCUT2D eigenvalue weighted by Crippen LogP contribution is 2.43. The predicted molar refractivity (Wildman–Crippen MR) is 71.2 cm³/mol. The molecule has 1 fully saturated rings. The number of carbonyl (C=O) groups is 3. The monoisotopic (exact) mass is 296 g/mol. The Balaban J connectivity index is 2.38. The van der Waals surface area contributed by atoms with Crippen molar-refractivity contribution in [3.8, 4) is 0 Å². The molecule has 0 aromatic carbocycles. The number of thioether (sulfide) groups is 1. The van der Waals surface area contributed by atoms with Gasteiger partial charge in [0, 0.05) is 17.7 Å². The highest BCUT2D eigenvalue weighted by atomic mass is 32.2. The number of carbonyl (C=O) groups excluding carboxylic acids is 3. The van der Waals surface area contributed by atoms with Crippen molar-refractivity contribution in [2.45, 2.75) is 30.5 Å². The summed E-state index contributed by atoms with van der Waals surface area (Å²) in [7, 11) is 4.91. The Bertz CT molecular complexity index is 509. The smallest absolute Gasteiger partial charge is 0.378 e. The van der Waals surface area contributed by atoms with Crippen LogP contribution < -0.4 is 5.73 Å². The molecule has 9 heteroatoms. The zero-order valence-corrected chi connectivity index (χ0v) is 11.8. The largest absolute Gasteiger partial charge is 0.539 e. The van der Waals surface area contributed by atoms with E-state index in [4.69, 9.17) is 18.5 Å². The molecule has 1 saturated heterocycles. The van der Waals surface area contributed by atoms with Crippen molar-refractivity contribution in [1.82, 2.24) is 4.90 Å². The number of nitrogens with zero attached hydrogens (tertiary/aromatic N) is 1. The zero-order chi connectivity index (χ0) is 15.0. The van der Waals surface area contributed by atoms with E-state index in [9.17, 15) is 14.4 Å². The molecule has 2 radical (unpaired) electrons. The lowest BCUT2D eigenvalue weighted by atomic mass is 10.0. The Morgan fingerprint density at radius 2 is 2.15 bits per heavy atom. The number of esters is 1. The zero-order valence-electron chi connectivity index (χ0n) is 11.0. The molecule has 2 heterocycles. The Kier molecular flexibility index (Phi) is 4.10. The first kappa shape index (κ1) is 14.9. The van der Waals surface area contributed by atoms with Gasteiger partial charge in [-0.1, -0.05) is 0 Å². The molecule has 0 spiro atoms. The Morgan fingerprint density at radius 3 is 2.70 bits per heavy atom. The summed E-state index contributed by atoms with van der Waals surface area (Å²) in [6, 6.07) is -0.654. The van der Waals surface area contributed by atoms with Gasteiger partial charge in [0.25, 0.3) is 0 Å². The summed E-state index contributed by atoms with van der Waals surface area (Å²) in [5.74, 6) is -1.70. The number of amides is 1. The number of rotatable bonds is 3. The molecular formula is C11H13BN2O5S. The van der Waals surface area contributed by atoms with Crippen LogP contribution in [0.2, 0.25) is 0 Å². The lowest BCUT2D eigenvalue weighted by Crippen LogP contribution is -2.69. The summed E-state index contributed by atoms with van der Waals surface area (Å²) in [6.45, 7) is 3.00. The van der Waals surface area contributed by atoms with Crippen LogP contribution in [-0.2, 0) is 23.8 Å². The molecule has 7 nitrogen and oxygen atoms in total. The molecule has 2 aliphatic rings. The molecule has 0 aromatic rings. The first-order valence-electron chi connectivity index (χ1n) is 5.90. The summed E-state index contributed by atoms with van der Waals surface area (Å²) >= 11 is 1.42. The van der Waals surface area contributed by atoms with Gasteiger partial charge in [-0.25, -0.2) is 4.79 Å². The van der Waals surface area contributed by atoms with Crippen molar-refractivity contribution < 1.29 is 23.8 Å². The van der Waals surface area contributed by atoms with Crippen LogP contribution >= 0.6 is 11.8 Å². The van der Waals surface area contributed by atoms with Crippen LogP contribution in [0.3, 0.4) is 0 Å². The summed E-state index contributed by atoms with van der Waals surface area (Å²) < 4.78 is 9.15. The highest BCUT2D eigenvalue weighted by molar-refractivity contribution is 8.00. The van der Waals surface area contributed by atoms with Crippen molar-refractivity contribution in [2.75, 3.05) is 6.61 Å². The molecule has 0 bridgehead atoms. The van der Waals surface area contributed by atoms with Crippen molar-refractivity contribution in [2.24, 2.45) is 5.73 Å². The molecule has 2 N–H and O–H groups in total. The summed E-state index contributed by atoms with van der Waals surface area (Å²) in [5, 5.41) is -0.475. The third kappa shape index (κ3) is 2.31. The van der Waals surface area contributed by atoms with E-state index < -0.39 is 18.0 Å². The van der Waals surface area contributed by atoms with Crippen molar-refractivity contribution in [1.29, 1.82) is 0 Å². The van der Waals surface area contributed by atoms with Gasteiger partial charge in [0.15, 0.2) is 0 Å². The minimum Gasteiger partial charge on any atom is -0.539 e. The van der Waals surface area contributed by atoms with Crippen molar-refractivity contribution in [3.05, 3.63) is 11.3 Å². The summed E-state index contributed by atoms with van der Waals surface area (Å²) in [6.07, 6.45) is 0. The van der Waals surface area contributed by atoms with E-state index in [1.54, 1.807) is 0 Å². The minimum atomic E-state index is -0.843. The fourth-order valence-corrected chi connectivity index (χ4v) is 3.54. The average molecular weight is 296 g/mol. The second-order valence-electron chi connectivity index (χ2n) is 4.46. The molecular weight excluding hydrogens is 283 g/mol. The third-order valence-electron chi connectivity index (χ3n) is 3.19. The maximum atomic E-state index is 11.8. The number of hydrogen-bond donors (Lipinski definition) is 1. The standard InChI is InChI=1S/C11H13BN2O5S/c1-4-6(3-18-5(2)15)8(11(17)19-12)14-9(16)7(13)10(14)20-4/h4,7,10H,3,13H2,1-2H3/t4-,7+,10+/m0/s1. The van der Waals surface area contributed by atoms with Gasteiger partial charge in [-0.15, -0.1) is 11.8 Å². The quantitative estimate of drug-likeness (QED) is 0.407. The first-order valence-corrected chi connectivity index (χ1v) is 6.84. The van der Waals surface area contributed by atoms with Crippen molar-refractivity contribution >= 4 is 37.7 Å². The van der Waals surface area contributed by atoms with E-state index in [0.717, 1.165) is 0 Å². The van der Waals surface area contributed by atoms with Gasteiger partial charge in [-0.2, -0.15) is 0 Å². The first-order chi connectivity index (χ1) is 9.38. The van der Waals surface area contributed by atoms with E-state index in [1.807, 2.05) is 6.92 Å². The highest BCUT2D eigenvalue weighted by Gasteiger charge is 2.53. The molecule has 0 aromatic heterocycles. The molecule has 0 aliphatic carbocycles. The van der Waals surface area contributed by atoms with Crippen molar-refractivity contribution in [3.63, 3.8) is 0 Å². The molecule has 106 valence electrons. The maximum absolute atomic E-state index is 11.8. The molecule has 20 heavy (non-hydrogen) atoms. The van der Waals surface area contributed by atoms with Gasteiger partial charge in [0.05, 0.1) is 0 Å². The Labute approximate surface area is 121 Å². The second kappa shape index (κ2) is 5.49. The van der Waals surface area contributed by atoms with Crippen LogP contribution in [0.25, 0.3) is 0 Å². The number of hydrogen-bond acceptors (Lipinski definition) is 7. The van der Waals surface area contributed by atoms with E-state index in [0.29, 0.717) is 5.57 Å². The number of β-lactam (4-membered cyclic amide) rings is 1. The lowest BCUT2D eigenvalue weighted by Gasteiger charge is -2.49. The lowest BCUT2D eigenvalue weighted by molar-refractivity contribution is -0.147. The van der Waals surface area contributed by atoms with Crippen LogP contribution in [0.15, 0.2) is 11.3 Å². The van der Waals surface area contributed by atoms with Crippen LogP contribution in [0.5, 0.6) is 0 Å². The Hall–Kier alpha value is -1.48. The second-order valence-corrected chi connectivity index (χ2v) is 5.92. The van der Waals surface area contributed by atoms with Gasteiger partial charge < -0.3 is 15.1 Å². The summed E-state index contributed by atoms with van der Waals surface area (Å²) in [5.41, 5.74) is 6.22. The molecule has 0 saturated carbocycles. The van der Waals surface area contributed by atoms with Gasteiger partial charge in [-0.3, -0.25) is 14.5 Å². The maximum Gasteiger partial charge on any atom is 0.378 e. The van der Waals surface area contributed by atoms with Crippen LogP contribution in [-0.4, -0.2) is 54.1 Å². The third-order valence-corrected chi connectivity index (χ3v) is 4.67. The Morgan fingerprint density at radius 1 is 1.50 bits per heavy atom. The number of ether oxygens (including phenoxy) is 1. The molecule has 1 amide bonds. The molecule has 3 atom stereocenters. The van der Waals surface area contributed by atoms with Gasteiger partial charge >= 0.3 is 20.0 Å². The van der Waals surface area contributed by atoms with Gasteiger partial charge in [-0.05, 0) is 6.92 Å². The van der Waals surface area contributed by atoms with E-state index in [2.05, 4.69) is 4.65 Å². The average Bonchev–Trinajstić information content (AvgIpc) is 2.43. The minimum absolute atomic E-state index is 0.0247. The van der Waals surface area contributed by atoms with Crippen LogP contribution in [0.1, 0.15) is 13.8 Å². The number of fused-ring (bicyclic) bond motifs is 1. The van der Waals surface area contributed by atoms with E-state index >= 15 is 0 Å². The van der Waals surface area contributed by atoms with Gasteiger partial charge in [0.2, 0.25) is 5.91 Å². The van der Waals surface area contributed by atoms with E-state index in [1.165, 1.54) is 23.6 Å². The fraction of sp³-hybridized carbons (Fsp3) is 0.545. The van der Waals surface area contributed by atoms with Gasteiger partial charge in [0.1, 0.15) is 23.7 Å². The molecule has 0 unspecified atom stereocenters. The topological polar surface area (TPSA) is 98.9 Å². The fourth-order valence-electron chi connectivity index (χ4n) is 2.16. The van der Waals surface area contributed by atoms with E-state index in [-0.39, 0.29) is 28.8 Å². The molecule has 2 rings (SSSR count). The van der Waals surface area contributed by atoms with Crippen LogP contribution in [0, 0.1) is 0 Å². The predicted octanol–water partition coefficient (Wildman–Crippen LogP) is -0.939. The summed E-state index contributed by atoms with van der Waals surface area (Å²) in [4.78, 5) is 35.8.